The maximum atomic E-state index is 11.6. The summed E-state index contributed by atoms with van der Waals surface area (Å²) in [5.74, 6) is 0.829. The molecule has 6 heteroatoms. The van der Waals surface area contributed by atoms with E-state index in [0.717, 1.165) is 54.0 Å². The lowest BCUT2D eigenvalue weighted by Crippen LogP contribution is -2.10. The van der Waals surface area contributed by atoms with Crippen LogP contribution in [0.2, 0.25) is 0 Å². The van der Waals surface area contributed by atoms with E-state index < -0.39 is 10.1 Å². The van der Waals surface area contributed by atoms with Crippen LogP contribution >= 0.6 is 0 Å². The van der Waals surface area contributed by atoms with Gasteiger partial charge in [-0.25, -0.2) is 4.98 Å². The van der Waals surface area contributed by atoms with Gasteiger partial charge in [-0.3, -0.25) is 4.18 Å². The second-order valence-corrected chi connectivity index (χ2v) is 8.08. The first-order valence-corrected chi connectivity index (χ1v) is 10.9. The maximum Gasteiger partial charge on any atom is 0.264 e. The molecule has 3 aromatic rings. The zero-order valence-corrected chi connectivity index (χ0v) is 16.4. The molecule has 1 aromatic heterocycles. The Morgan fingerprint density at radius 2 is 1.56 bits per heavy atom. The van der Waals surface area contributed by atoms with Crippen molar-refractivity contribution in [2.24, 2.45) is 0 Å². The smallest absolute Gasteiger partial charge is 0.264 e. The van der Waals surface area contributed by atoms with Crippen molar-refractivity contribution in [2.75, 3.05) is 6.26 Å². The molecule has 0 unspecified atom stereocenters. The van der Waals surface area contributed by atoms with Crippen molar-refractivity contribution in [3.05, 3.63) is 66.4 Å². The fourth-order valence-electron chi connectivity index (χ4n) is 2.99. The van der Waals surface area contributed by atoms with Gasteiger partial charge in [-0.05, 0) is 6.42 Å². The van der Waals surface area contributed by atoms with Crippen molar-refractivity contribution in [1.82, 2.24) is 9.55 Å². The van der Waals surface area contributed by atoms with Crippen LogP contribution in [-0.4, -0.2) is 24.2 Å². The normalized spacial score (nSPS) is 11.6. The van der Waals surface area contributed by atoms with Crippen LogP contribution in [0.5, 0.6) is 0 Å². The Morgan fingerprint density at radius 3 is 2.11 bits per heavy atom. The number of unbranched alkanes of at least 4 members (excludes halogenated alkanes) is 1. The predicted octanol–water partition coefficient (Wildman–Crippen LogP) is 4.49. The fourth-order valence-corrected chi connectivity index (χ4v) is 3.31. The number of rotatable bonds is 8. The SMILES string of the molecule is CCCCn1c(-c2ccccc2)nc(-c2ccccc2)c1COS(C)(=O)=O. The summed E-state index contributed by atoms with van der Waals surface area (Å²) in [6.07, 6.45) is 3.07. The van der Waals surface area contributed by atoms with Crippen LogP contribution in [0.25, 0.3) is 22.6 Å². The van der Waals surface area contributed by atoms with Gasteiger partial charge < -0.3 is 4.57 Å². The molecule has 0 saturated heterocycles. The molecule has 0 N–H and O–H groups in total. The van der Waals surface area contributed by atoms with E-state index in [0.29, 0.717) is 0 Å². The van der Waals surface area contributed by atoms with Crippen molar-refractivity contribution in [3.8, 4) is 22.6 Å². The van der Waals surface area contributed by atoms with Crippen LogP contribution in [-0.2, 0) is 27.5 Å². The van der Waals surface area contributed by atoms with Gasteiger partial charge in [0.15, 0.2) is 0 Å². The Kier molecular flexibility index (Phi) is 6.08. The molecule has 5 nitrogen and oxygen atoms in total. The molecule has 0 spiro atoms. The molecule has 0 saturated carbocycles. The lowest BCUT2D eigenvalue weighted by Gasteiger charge is -2.12. The second kappa shape index (κ2) is 8.50. The number of nitrogens with zero attached hydrogens (tertiary/aromatic N) is 2. The summed E-state index contributed by atoms with van der Waals surface area (Å²) in [6.45, 7) is 2.85. The zero-order chi connectivity index (χ0) is 19.3. The minimum absolute atomic E-state index is 0.0351. The lowest BCUT2D eigenvalue weighted by atomic mass is 10.1. The van der Waals surface area contributed by atoms with Crippen molar-refractivity contribution in [3.63, 3.8) is 0 Å². The minimum atomic E-state index is -3.56. The first-order chi connectivity index (χ1) is 13.0. The molecule has 0 atom stereocenters. The first-order valence-electron chi connectivity index (χ1n) is 9.04. The van der Waals surface area contributed by atoms with Gasteiger partial charge in [0.1, 0.15) is 12.4 Å². The topological polar surface area (TPSA) is 61.2 Å². The van der Waals surface area contributed by atoms with Crippen molar-refractivity contribution in [1.29, 1.82) is 0 Å². The van der Waals surface area contributed by atoms with Gasteiger partial charge >= 0.3 is 0 Å². The van der Waals surface area contributed by atoms with Gasteiger partial charge in [0.25, 0.3) is 10.1 Å². The molecule has 0 aliphatic heterocycles. The van der Waals surface area contributed by atoms with Crippen molar-refractivity contribution < 1.29 is 12.6 Å². The molecule has 0 bridgehead atoms. The van der Waals surface area contributed by atoms with E-state index in [1.807, 2.05) is 60.7 Å². The molecular weight excluding hydrogens is 360 g/mol. The second-order valence-electron chi connectivity index (χ2n) is 6.43. The van der Waals surface area contributed by atoms with E-state index in [1.54, 1.807) is 0 Å². The summed E-state index contributed by atoms with van der Waals surface area (Å²) in [5, 5.41) is 0. The Labute approximate surface area is 160 Å². The summed E-state index contributed by atoms with van der Waals surface area (Å²) in [4.78, 5) is 4.89. The van der Waals surface area contributed by atoms with Crippen LogP contribution < -0.4 is 0 Å². The van der Waals surface area contributed by atoms with Gasteiger partial charge in [0.05, 0.1) is 17.6 Å². The zero-order valence-electron chi connectivity index (χ0n) is 15.6. The largest absolute Gasteiger partial charge is 0.325 e. The highest BCUT2D eigenvalue weighted by molar-refractivity contribution is 7.85. The third-order valence-electron chi connectivity index (χ3n) is 4.30. The Bertz CT molecular complexity index is 981. The van der Waals surface area contributed by atoms with E-state index in [9.17, 15) is 8.42 Å². The van der Waals surface area contributed by atoms with Crippen LogP contribution in [0.4, 0.5) is 0 Å². The molecule has 3 rings (SSSR count). The van der Waals surface area contributed by atoms with Crippen LogP contribution in [0, 0.1) is 0 Å². The van der Waals surface area contributed by atoms with Gasteiger partial charge in [0.2, 0.25) is 0 Å². The van der Waals surface area contributed by atoms with E-state index in [4.69, 9.17) is 9.17 Å². The van der Waals surface area contributed by atoms with Crippen LogP contribution in [0.3, 0.4) is 0 Å². The Hall–Kier alpha value is -2.44. The minimum Gasteiger partial charge on any atom is -0.325 e. The quantitative estimate of drug-likeness (QED) is 0.537. The van der Waals surface area contributed by atoms with Gasteiger partial charge in [-0.1, -0.05) is 74.0 Å². The van der Waals surface area contributed by atoms with Crippen LogP contribution in [0.1, 0.15) is 25.5 Å². The number of benzene rings is 2. The van der Waals surface area contributed by atoms with E-state index in [-0.39, 0.29) is 6.61 Å². The molecule has 0 aliphatic carbocycles. The maximum absolute atomic E-state index is 11.6. The van der Waals surface area contributed by atoms with Gasteiger partial charge in [0, 0.05) is 17.7 Å². The summed E-state index contributed by atoms with van der Waals surface area (Å²) in [6, 6.07) is 19.7. The summed E-state index contributed by atoms with van der Waals surface area (Å²) >= 11 is 0. The molecule has 1 heterocycles. The average molecular weight is 385 g/mol. The lowest BCUT2D eigenvalue weighted by molar-refractivity contribution is 0.301. The number of hydrogen-bond acceptors (Lipinski definition) is 4. The average Bonchev–Trinajstić information content (AvgIpc) is 3.04. The number of imidazole rings is 1. The molecule has 2 aromatic carbocycles. The van der Waals surface area contributed by atoms with Crippen molar-refractivity contribution >= 4 is 10.1 Å². The third-order valence-corrected chi connectivity index (χ3v) is 4.84. The summed E-state index contributed by atoms with van der Waals surface area (Å²) < 4.78 is 30.5. The number of hydrogen-bond donors (Lipinski definition) is 0. The fraction of sp³-hybridized carbons (Fsp3) is 0.286. The standard InChI is InChI=1S/C21H24N2O3S/c1-3-4-15-23-19(16-26-27(2,24)25)20(17-11-7-5-8-12-17)22-21(23)18-13-9-6-10-14-18/h5-14H,3-4,15-16H2,1-2H3. The molecule has 0 amide bonds. The Balaban J connectivity index is 2.17. The molecule has 0 aliphatic rings. The highest BCUT2D eigenvalue weighted by Gasteiger charge is 2.20. The summed E-state index contributed by atoms with van der Waals surface area (Å²) in [7, 11) is -3.56. The highest BCUT2D eigenvalue weighted by Crippen LogP contribution is 2.30. The predicted molar refractivity (Wildman–Crippen MR) is 108 cm³/mol. The third kappa shape index (κ3) is 4.84. The molecule has 27 heavy (non-hydrogen) atoms. The first kappa shape index (κ1) is 19.3. The summed E-state index contributed by atoms with van der Waals surface area (Å²) in [5.41, 5.74) is 3.47. The van der Waals surface area contributed by atoms with E-state index in [1.165, 1.54) is 0 Å². The highest BCUT2D eigenvalue weighted by atomic mass is 32.2. The van der Waals surface area contributed by atoms with Crippen LogP contribution in [0.15, 0.2) is 60.7 Å². The van der Waals surface area contributed by atoms with Crippen molar-refractivity contribution in [2.45, 2.75) is 32.9 Å². The Morgan fingerprint density at radius 1 is 0.963 bits per heavy atom. The monoisotopic (exact) mass is 384 g/mol. The van der Waals surface area contributed by atoms with Gasteiger partial charge in [-0.2, -0.15) is 8.42 Å². The molecule has 142 valence electrons. The molecule has 0 fully saturated rings. The van der Waals surface area contributed by atoms with E-state index >= 15 is 0 Å². The van der Waals surface area contributed by atoms with E-state index in [2.05, 4.69) is 11.5 Å². The molecular formula is C21H24N2O3S. The van der Waals surface area contributed by atoms with Gasteiger partial charge in [-0.15, -0.1) is 0 Å². The molecule has 0 radical (unpaired) electrons. The number of aromatic nitrogens is 2.